The number of aliphatic hydroxyl groups excluding tert-OH is 1. The van der Waals surface area contributed by atoms with Gasteiger partial charge in [-0.25, -0.2) is 4.79 Å². The molecule has 0 spiro atoms. The molecule has 1 saturated heterocycles. The monoisotopic (exact) mass is 516 g/mol. The molecule has 1 heterocycles. The Kier molecular flexibility index (Phi) is 9.69. The van der Waals surface area contributed by atoms with Gasteiger partial charge >= 0.3 is 6.09 Å². The first kappa shape index (κ1) is 27.4. The molecule has 0 saturated carbocycles. The van der Waals surface area contributed by atoms with Crippen molar-refractivity contribution in [2.75, 3.05) is 31.6 Å². The molecule has 2 aromatic rings. The number of aliphatic hydroxyl groups is 1. The van der Waals surface area contributed by atoms with Crippen LogP contribution in [0.15, 0.2) is 48.5 Å². The van der Waals surface area contributed by atoms with Crippen LogP contribution in [-0.2, 0) is 27.3 Å². The summed E-state index contributed by atoms with van der Waals surface area (Å²) in [7, 11) is 0. The Labute approximate surface area is 215 Å². The highest BCUT2D eigenvalue weighted by molar-refractivity contribution is 6.31. The quantitative estimate of drug-likeness (QED) is 0.405. The second-order valence-corrected chi connectivity index (χ2v) is 9.37. The van der Waals surface area contributed by atoms with Gasteiger partial charge in [0.25, 0.3) is 0 Å². The number of nitrogens with one attached hydrogen (secondary N) is 2. The summed E-state index contributed by atoms with van der Waals surface area (Å²) in [5, 5.41) is 15.4. The van der Waals surface area contributed by atoms with Crippen molar-refractivity contribution in [1.82, 2.24) is 10.2 Å². The van der Waals surface area contributed by atoms with Crippen LogP contribution < -0.4 is 16.4 Å². The Bertz CT molecular complexity index is 1060. The van der Waals surface area contributed by atoms with Crippen molar-refractivity contribution >= 4 is 35.2 Å². The summed E-state index contributed by atoms with van der Waals surface area (Å²) in [5.74, 6) is -0.821. The zero-order valence-corrected chi connectivity index (χ0v) is 21.1. The van der Waals surface area contributed by atoms with E-state index in [4.69, 9.17) is 22.1 Å². The van der Waals surface area contributed by atoms with Crippen molar-refractivity contribution in [2.45, 2.75) is 38.8 Å². The minimum atomic E-state index is -1.19. The normalized spacial score (nSPS) is 18.3. The molecule has 1 fully saturated rings. The minimum Gasteiger partial charge on any atom is -0.448 e. The average Bonchev–Trinajstić information content (AvgIpc) is 2.91. The highest BCUT2D eigenvalue weighted by atomic mass is 35.5. The number of hydrogen-bond donors (Lipinski definition) is 4. The number of ether oxygens (including phenoxy) is 1. The maximum absolute atomic E-state index is 13.5. The van der Waals surface area contributed by atoms with Crippen molar-refractivity contribution in [2.24, 2.45) is 11.1 Å². The first-order valence-corrected chi connectivity index (χ1v) is 12.4. The van der Waals surface area contributed by atoms with Gasteiger partial charge in [-0.2, -0.15) is 0 Å². The fraction of sp³-hybridized carbons (Fsp3) is 0.423. The molecule has 0 radical (unpaired) electrons. The molecule has 194 valence electrons. The number of rotatable bonds is 9. The number of aryl methyl sites for hydroxylation is 1. The van der Waals surface area contributed by atoms with E-state index in [0.29, 0.717) is 30.1 Å². The van der Waals surface area contributed by atoms with Crippen LogP contribution in [0.4, 0.5) is 10.5 Å². The zero-order valence-electron chi connectivity index (χ0n) is 20.3. The van der Waals surface area contributed by atoms with Crippen LogP contribution in [-0.4, -0.2) is 60.3 Å². The lowest BCUT2D eigenvalue weighted by atomic mass is 9.79. The lowest BCUT2D eigenvalue weighted by Gasteiger charge is -2.41. The number of halogens is 1. The van der Waals surface area contributed by atoms with Gasteiger partial charge in [-0.3, -0.25) is 14.9 Å². The Morgan fingerprint density at radius 1 is 1.19 bits per heavy atom. The number of carbonyl (C=O) groups is 3. The van der Waals surface area contributed by atoms with Gasteiger partial charge in [0.1, 0.15) is 18.1 Å². The summed E-state index contributed by atoms with van der Waals surface area (Å²) in [6, 6.07) is 13.5. The number of piperidine rings is 1. The second kappa shape index (κ2) is 12.7. The molecular weight excluding hydrogens is 484 g/mol. The number of benzene rings is 2. The molecular formula is C26H33ClN4O5. The number of nitrogens with two attached hydrogens (primary N) is 1. The van der Waals surface area contributed by atoms with Gasteiger partial charge in [0, 0.05) is 30.3 Å². The molecule has 0 aliphatic carbocycles. The van der Waals surface area contributed by atoms with E-state index >= 15 is 0 Å². The van der Waals surface area contributed by atoms with Crippen molar-refractivity contribution in [1.29, 1.82) is 0 Å². The predicted molar refractivity (Wildman–Crippen MR) is 137 cm³/mol. The molecule has 9 nitrogen and oxygen atoms in total. The predicted octanol–water partition coefficient (Wildman–Crippen LogP) is 2.70. The van der Waals surface area contributed by atoms with Crippen LogP contribution in [0.5, 0.6) is 0 Å². The Balaban J connectivity index is 1.73. The second-order valence-electron chi connectivity index (χ2n) is 8.96. The molecule has 3 amide bonds. The number of likely N-dealkylation sites (tertiary alicyclic amines) is 1. The zero-order chi connectivity index (χ0) is 26.1. The van der Waals surface area contributed by atoms with E-state index in [0.717, 1.165) is 17.5 Å². The van der Waals surface area contributed by atoms with Gasteiger partial charge in [0.05, 0.1) is 6.61 Å². The van der Waals surface area contributed by atoms with Crippen LogP contribution in [0, 0.1) is 5.41 Å². The van der Waals surface area contributed by atoms with Gasteiger partial charge in [0.2, 0.25) is 11.8 Å². The Morgan fingerprint density at radius 3 is 2.58 bits per heavy atom. The first-order valence-electron chi connectivity index (χ1n) is 12.0. The molecule has 36 heavy (non-hydrogen) atoms. The van der Waals surface area contributed by atoms with Gasteiger partial charge in [0.15, 0.2) is 0 Å². The van der Waals surface area contributed by atoms with Crippen LogP contribution in [0.2, 0.25) is 5.02 Å². The standard InChI is InChI=1S/C26H33ClN4O5/c1-2-18-8-10-20(11-9-18)30-25(35)36-17-26(12-5-13-31(16-26)23(33)22(28)15-32)24(34)29-14-19-6-3-4-7-21(19)27/h3-4,6-11,22,32H,2,5,12-17,28H2,1H3,(H,29,34)(H,30,35)/t22-,26?/m0/s1. The summed E-state index contributed by atoms with van der Waals surface area (Å²) in [5.41, 5.74) is 7.00. The van der Waals surface area contributed by atoms with Crippen molar-refractivity contribution in [3.63, 3.8) is 0 Å². The van der Waals surface area contributed by atoms with Crippen LogP contribution in [0.1, 0.15) is 30.9 Å². The van der Waals surface area contributed by atoms with E-state index in [1.165, 1.54) is 4.90 Å². The first-order chi connectivity index (χ1) is 17.3. The third-order valence-electron chi connectivity index (χ3n) is 6.37. The molecule has 2 aromatic carbocycles. The fourth-order valence-corrected chi connectivity index (χ4v) is 4.39. The van der Waals surface area contributed by atoms with Gasteiger partial charge < -0.3 is 25.8 Å². The largest absolute Gasteiger partial charge is 0.448 e. The number of hydrogen-bond acceptors (Lipinski definition) is 6. The number of amides is 3. The molecule has 0 aromatic heterocycles. The summed E-state index contributed by atoms with van der Waals surface area (Å²) >= 11 is 6.22. The highest BCUT2D eigenvalue weighted by Gasteiger charge is 2.45. The third-order valence-corrected chi connectivity index (χ3v) is 6.74. The topological polar surface area (TPSA) is 134 Å². The Morgan fingerprint density at radius 2 is 1.92 bits per heavy atom. The van der Waals surface area contributed by atoms with E-state index in [-0.39, 0.29) is 25.6 Å². The number of nitrogens with zero attached hydrogens (tertiary/aromatic N) is 1. The summed E-state index contributed by atoms with van der Waals surface area (Å²) in [4.78, 5) is 40.1. The average molecular weight is 517 g/mol. The van der Waals surface area contributed by atoms with E-state index in [2.05, 4.69) is 10.6 Å². The molecule has 3 rings (SSSR count). The van der Waals surface area contributed by atoms with Crippen LogP contribution in [0.25, 0.3) is 0 Å². The highest BCUT2D eigenvalue weighted by Crippen LogP contribution is 2.32. The molecule has 0 bridgehead atoms. The Hall–Kier alpha value is -3.14. The molecule has 1 unspecified atom stereocenters. The summed E-state index contributed by atoms with van der Waals surface area (Å²) in [6.45, 7) is 1.88. The van der Waals surface area contributed by atoms with Crippen molar-refractivity contribution in [3.05, 3.63) is 64.7 Å². The van der Waals surface area contributed by atoms with Crippen LogP contribution >= 0.6 is 11.6 Å². The number of carbonyl (C=O) groups excluding carboxylic acids is 3. The van der Waals surface area contributed by atoms with Crippen molar-refractivity contribution in [3.8, 4) is 0 Å². The van der Waals surface area contributed by atoms with E-state index < -0.39 is 30.1 Å². The van der Waals surface area contributed by atoms with Crippen LogP contribution in [0.3, 0.4) is 0 Å². The number of anilines is 1. The lowest BCUT2D eigenvalue weighted by Crippen LogP contribution is -2.58. The molecule has 1 aliphatic heterocycles. The van der Waals surface area contributed by atoms with Gasteiger partial charge in [-0.15, -0.1) is 0 Å². The third kappa shape index (κ3) is 6.96. The maximum Gasteiger partial charge on any atom is 0.411 e. The van der Waals surface area contributed by atoms with Crippen molar-refractivity contribution < 1.29 is 24.2 Å². The molecule has 1 aliphatic rings. The molecule has 2 atom stereocenters. The van der Waals surface area contributed by atoms with Gasteiger partial charge in [-0.05, 0) is 48.6 Å². The maximum atomic E-state index is 13.5. The fourth-order valence-electron chi connectivity index (χ4n) is 4.19. The smallest absolute Gasteiger partial charge is 0.411 e. The molecule has 10 heteroatoms. The summed E-state index contributed by atoms with van der Waals surface area (Å²) < 4.78 is 5.50. The van der Waals surface area contributed by atoms with E-state index in [1.807, 2.05) is 25.1 Å². The minimum absolute atomic E-state index is 0.00631. The van der Waals surface area contributed by atoms with Gasteiger partial charge in [-0.1, -0.05) is 48.9 Å². The SMILES string of the molecule is CCc1ccc(NC(=O)OCC2(C(=O)NCc3ccccc3Cl)CCCN(C(=O)[C@@H](N)CO)C2)cc1. The van der Waals surface area contributed by atoms with E-state index in [9.17, 15) is 19.5 Å². The van der Waals surface area contributed by atoms with E-state index in [1.54, 1.807) is 30.3 Å². The molecule has 5 N–H and O–H groups in total. The lowest BCUT2D eigenvalue weighted by molar-refractivity contribution is -0.145. The summed E-state index contributed by atoms with van der Waals surface area (Å²) in [6.07, 6.45) is 1.09.